The third kappa shape index (κ3) is 0.769. The largest absolute Gasteiger partial charge is 0.364 e. The maximum atomic E-state index is 9.18. The summed E-state index contributed by atoms with van der Waals surface area (Å²) in [7, 11) is 0. The van der Waals surface area contributed by atoms with E-state index in [9.17, 15) is 5.11 Å². The summed E-state index contributed by atoms with van der Waals surface area (Å²) in [6, 6.07) is 0. The van der Waals surface area contributed by atoms with Crippen LogP contribution in [0.4, 0.5) is 0 Å². The van der Waals surface area contributed by atoms with Gasteiger partial charge in [-0.2, -0.15) is 0 Å². The van der Waals surface area contributed by atoms with E-state index >= 15 is 0 Å². The Kier molecular flexibility index (Phi) is 1.25. The number of aliphatic hydroxyl groups is 1. The van der Waals surface area contributed by atoms with Crippen molar-refractivity contribution in [3.05, 3.63) is 0 Å². The molecule has 1 unspecified atom stereocenters. The van der Waals surface area contributed by atoms with Crippen LogP contribution in [0.1, 0.15) is 6.92 Å². The van der Waals surface area contributed by atoms with Crippen LogP contribution >= 0.6 is 0 Å². The molecule has 0 radical (unpaired) electrons. The van der Waals surface area contributed by atoms with E-state index in [0.29, 0.717) is 13.2 Å². The van der Waals surface area contributed by atoms with Gasteiger partial charge in [0, 0.05) is 0 Å². The summed E-state index contributed by atoms with van der Waals surface area (Å²) < 4.78 is 15.5. The Hall–Kier alpha value is -0.160. The van der Waals surface area contributed by atoms with Crippen molar-refractivity contribution in [2.75, 3.05) is 13.2 Å². The van der Waals surface area contributed by atoms with Crippen LogP contribution in [-0.2, 0) is 14.2 Å². The number of rotatable bonds is 0. The molecule has 0 amide bonds. The molecule has 0 aliphatic carbocycles. The zero-order valence-electron chi connectivity index (χ0n) is 5.74. The third-order valence-corrected chi connectivity index (χ3v) is 1.85. The highest BCUT2D eigenvalue weighted by molar-refractivity contribution is 4.81. The molecule has 0 aromatic carbocycles. The predicted octanol–water partition coefficient (Wildman–Crippen LogP) is -0.533. The first-order valence-corrected chi connectivity index (χ1v) is 3.32. The van der Waals surface area contributed by atoms with Gasteiger partial charge in [-0.15, -0.1) is 0 Å². The lowest BCUT2D eigenvalue weighted by Gasteiger charge is -2.32. The zero-order valence-corrected chi connectivity index (χ0v) is 5.74. The summed E-state index contributed by atoms with van der Waals surface area (Å²) in [4.78, 5) is 0. The van der Waals surface area contributed by atoms with Crippen molar-refractivity contribution in [2.45, 2.75) is 25.1 Å². The lowest BCUT2D eigenvalue weighted by atomic mass is 10.3. The Bertz CT molecular complexity index is 147. The Morgan fingerprint density at radius 2 is 2.30 bits per heavy atom. The average molecular weight is 146 g/mol. The van der Waals surface area contributed by atoms with Crippen molar-refractivity contribution >= 4 is 0 Å². The number of fused-ring (bicyclic) bond motifs is 2. The molecule has 2 aliphatic heterocycles. The van der Waals surface area contributed by atoms with Crippen LogP contribution in [0.3, 0.4) is 0 Å². The Morgan fingerprint density at radius 1 is 1.50 bits per heavy atom. The van der Waals surface area contributed by atoms with E-state index in [1.54, 1.807) is 6.92 Å². The summed E-state index contributed by atoms with van der Waals surface area (Å²) in [6.07, 6.45) is -0.931. The molecule has 0 aromatic heterocycles. The minimum absolute atomic E-state index is 0.00778. The van der Waals surface area contributed by atoms with Crippen LogP contribution in [0, 0.1) is 0 Å². The maximum Gasteiger partial charge on any atom is 0.217 e. The van der Waals surface area contributed by atoms with Crippen LogP contribution in [-0.4, -0.2) is 36.5 Å². The van der Waals surface area contributed by atoms with E-state index in [1.807, 2.05) is 0 Å². The molecule has 58 valence electrons. The molecule has 0 spiro atoms. The molecule has 0 aromatic rings. The second-order valence-electron chi connectivity index (χ2n) is 2.75. The van der Waals surface area contributed by atoms with Gasteiger partial charge >= 0.3 is 0 Å². The summed E-state index contributed by atoms with van der Waals surface area (Å²) in [5.74, 6) is -0.914. The monoisotopic (exact) mass is 146 g/mol. The zero-order chi connectivity index (χ0) is 7.19. The van der Waals surface area contributed by atoms with Crippen molar-refractivity contribution in [3.8, 4) is 0 Å². The Balaban J connectivity index is 2.17. The molecular weight excluding hydrogens is 136 g/mol. The lowest BCUT2D eigenvalue weighted by molar-refractivity contribution is -0.326. The van der Waals surface area contributed by atoms with E-state index in [1.165, 1.54) is 0 Å². The molecule has 2 bridgehead atoms. The molecule has 1 N–H and O–H groups in total. The minimum atomic E-state index is -0.939. The van der Waals surface area contributed by atoms with Gasteiger partial charge in [-0.25, -0.2) is 0 Å². The molecule has 2 heterocycles. The number of hydrogen-bond acceptors (Lipinski definition) is 4. The Labute approximate surface area is 58.7 Å². The van der Waals surface area contributed by atoms with Crippen LogP contribution in [0.15, 0.2) is 0 Å². The van der Waals surface area contributed by atoms with Gasteiger partial charge in [-0.05, 0) is 6.92 Å². The van der Waals surface area contributed by atoms with E-state index in [4.69, 9.17) is 14.2 Å². The molecule has 4 heteroatoms. The normalized spacial score (nSPS) is 53.4. The van der Waals surface area contributed by atoms with Gasteiger partial charge in [0.05, 0.1) is 13.2 Å². The highest BCUT2D eigenvalue weighted by atomic mass is 16.8. The summed E-state index contributed by atoms with van der Waals surface area (Å²) >= 11 is 0. The molecular formula is C6H10O4. The minimum Gasteiger partial charge on any atom is -0.364 e. The van der Waals surface area contributed by atoms with Gasteiger partial charge in [-0.3, -0.25) is 0 Å². The molecule has 2 saturated heterocycles. The second-order valence-corrected chi connectivity index (χ2v) is 2.75. The molecule has 10 heavy (non-hydrogen) atoms. The SMILES string of the molecule is C[C@@]12OC[C@H](COC1O)O2. The highest BCUT2D eigenvalue weighted by Crippen LogP contribution is 2.31. The predicted molar refractivity (Wildman–Crippen MR) is 31.2 cm³/mol. The van der Waals surface area contributed by atoms with Crippen molar-refractivity contribution in [3.63, 3.8) is 0 Å². The van der Waals surface area contributed by atoms with Gasteiger partial charge in [0.2, 0.25) is 12.1 Å². The van der Waals surface area contributed by atoms with E-state index < -0.39 is 12.1 Å². The summed E-state index contributed by atoms with van der Waals surface area (Å²) in [6.45, 7) is 2.63. The lowest BCUT2D eigenvalue weighted by Crippen LogP contribution is -2.47. The van der Waals surface area contributed by atoms with Crippen molar-refractivity contribution in [1.82, 2.24) is 0 Å². The molecule has 3 atom stereocenters. The van der Waals surface area contributed by atoms with Gasteiger partial charge in [0.15, 0.2) is 0 Å². The first kappa shape index (κ1) is 6.54. The molecule has 2 aliphatic rings. The van der Waals surface area contributed by atoms with Crippen molar-refractivity contribution in [2.24, 2.45) is 0 Å². The van der Waals surface area contributed by atoms with E-state index in [0.717, 1.165) is 0 Å². The topological polar surface area (TPSA) is 47.9 Å². The standard InChI is InChI=1S/C6H10O4/c1-6-5(7)8-2-4(10-6)3-9-6/h4-5,7H,2-3H2,1H3/t4-,5?,6-/m0/s1. The van der Waals surface area contributed by atoms with Gasteiger partial charge < -0.3 is 19.3 Å². The van der Waals surface area contributed by atoms with E-state index in [-0.39, 0.29) is 6.10 Å². The number of ether oxygens (including phenoxy) is 3. The second kappa shape index (κ2) is 1.92. The first-order chi connectivity index (χ1) is 4.71. The van der Waals surface area contributed by atoms with Gasteiger partial charge in [0.1, 0.15) is 6.10 Å². The Morgan fingerprint density at radius 3 is 3.00 bits per heavy atom. The van der Waals surface area contributed by atoms with Crippen LogP contribution in [0.5, 0.6) is 0 Å². The third-order valence-electron chi connectivity index (χ3n) is 1.85. The number of aliphatic hydroxyl groups excluding tert-OH is 1. The fourth-order valence-electron chi connectivity index (χ4n) is 1.22. The number of hydrogen-bond donors (Lipinski definition) is 1. The summed E-state index contributed by atoms with van der Waals surface area (Å²) in [5, 5.41) is 9.18. The average Bonchev–Trinajstić information content (AvgIpc) is 2.22. The fourth-order valence-corrected chi connectivity index (χ4v) is 1.22. The van der Waals surface area contributed by atoms with Crippen LogP contribution in [0.25, 0.3) is 0 Å². The fraction of sp³-hybridized carbons (Fsp3) is 1.00. The first-order valence-electron chi connectivity index (χ1n) is 3.32. The van der Waals surface area contributed by atoms with Gasteiger partial charge in [-0.1, -0.05) is 0 Å². The molecule has 2 rings (SSSR count). The van der Waals surface area contributed by atoms with Gasteiger partial charge in [0.25, 0.3) is 0 Å². The van der Waals surface area contributed by atoms with Crippen molar-refractivity contribution in [1.29, 1.82) is 0 Å². The van der Waals surface area contributed by atoms with E-state index in [2.05, 4.69) is 0 Å². The molecule has 4 nitrogen and oxygen atoms in total. The maximum absolute atomic E-state index is 9.18. The quantitative estimate of drug-likeness (QED) is 0.499. The van der Waals surface area contributed by atoms with Crippen LogP contribution < -0.4 is 0 Å². The molecule has 2 fully saturated rings. The summed E-state index contributed by atoms with van der Waals surface area (Å²) in [5.41, 5.74) is 0. The molecule has 0 saturated carbocycles. The smallest absolute Gasteiger partial charge is 0.217 e. The van der Waals surface area contributed by atoms with Crippen molar-refractivity contribution < 1.29 is 19.3 Å². The van der Waals surface area contributed by atoms with Crippen LogP contribution in [0.2, 0.25) is 0 Å². The highest BCUT2D eigenvalue weighted by Gasteiger charge is 2.48.